The molecule has 1 aliphatic heterocycles. The third-order valence-electron chi connectivity index (χ3n) is 6.04. The van der Waals surface area contributed by atoms with Crippen molar-refractivity contribution in [3.63, 3.8) is 0 Å². The Balaban J connectivity index is 1.50. The highest BCUT2D eigenvalue weighted by Gasteiger charge is 2.18. The van der Waals surface area contributed by atoms with Crippen molar-refractivity contribution < 1.29 is 17.9 Å². The summed E-state index contributed by atoms with van der Waals surface area (Å²) in [7, 11) is -3.46. The lowest BCUT2D eigenvalue weighted by atomic mass is 10.0. The molecule has 1 aliphatic rings. The van der Waals surface area contributed by atoms with Crippen LogP contribution in [0.3, 0.4) is 0 Å². The summed E-state index contributed by atoms with van der Waals surface area (Å²) < 4.78 is 31.4. The van der Waals surface area contributed by atoms with Crippen molar-refractivity contribution in [2.45, 2.75) is 52.1 Å². The standard InChI is InChI=1S/C26H37N3O4S/c1-3-33-25-15-13-24(14-16-25)29(34(2,31)32)19-9-12-26(30)27-20-22-10-5-6-11-23(22)21-28-17-7-4-8-18-28/h5-6,10-11,13-16H,3-4,7-9,12,17-21H2,1-2H3,(H,27,30). The Morgan fingerprint density at radius 3 is 2.35 bits per heavy atom. The molecule has 0 spiro atoms. The zero-order valence-electron chi connectivity index (χ0n) is 20.3. The number of hydrogen-bond donors (Lipinski definition) is 1. The summed E-state index contributed by atoms with van der Waals surface area (Å²) >= 11 is 0. The first-order chi connectivity index (χ1) is 16.4. The lowest BCUT2D eigenvalue weighted by Crippen LogP contribution is -2.32. The Labute approximate surface area is 204 Å². The summed E-state index contributed by atoms with van der Waals surface area (Å²) in [6.07, 6.45) is 5.69. The number of nitrogens with zero attached hydrogens (tertiary/aromatic N) is 2. The molecule has 0 unspecified atom stereocenters. The van der Waals surface area contributed by atoms with E-state index in [0.29, 0.717) is 31.0 Å². The molecule has 0 bridgehead atoms. The number of carbonyl (C=O) groups is 1. The lowest BCUT2D eigenvalue weighted by molar-refractivity contribution is -0.121. The highest BCUT2D eigenvalue weighted by molar-refractivity contribution is 7.92. The molecule has 1 fully saturated rings. The van der Waals surface area contributed by atoms with Crippen LogP contribution in [0.4, 0.5) is 5.69 Å². The second-order valence-corrected chi connectivity index (χ2v) is 10.7. The molecule has 0 radical (unpaired) electrons. The maximum atomic E-state index is 12.5. The third-order valence-corrected chi connectivity index (χ3v) is 7.23. The average Bonchev–Trinajstić information content (AvgIpc) is 2.82. The van der Waals surface area contributed by atoms with Gasteiger partial charge in [-0.1, -0.05) is 30.7 Å². The summed E-state index contributed by atoms with van der Waals surface area (Å²) in [5.41, 5.74) is 2.95. The van der Waals surface area contributed by atoms with E-state index in [1.807, 2.05) is 19.1 Å². The molecule has 1 amide bonds. The van der Waals surface area contributed by atoms with Gasteiger partial charge in [-0.05, 0) is 74.7 Å². The molecular formula is C26H37N3O4S. The third kappa shape index (κ3) is 8.02. The van der Waals surface area contributed by atoms with Gasteiger partial charge in [0.25, 0.3) is 0 Å². The molecule has 34 heavy (non-hydrogen) atoms. The topological polar surface area (TPSA) is 79.0 Å². The van der Waals surface area contributed by atoms with Gasteiger partial charge < -0.3 is 10.1 Å². The van der Waals surface area contributed by atoms with Crippen LogP contribution in [0.25, 0.3) is 0 Å². The number of rotatable bonds is 12. The van der Waals surface area contributed by atoms with E-state index in [4.69, 9.17) is 4.74 Å². The largest absolute Gasteiger partial charge is 0.494 e. The van der Waals surface area contributed by atoms with E-state index < -0.39 is 10.0 Å². The number of amides is 1. The predicted octanol–water partition coefficient (Wildman–Crippen LogP) is 3.93. The van der Waals surface area contributed by atoms with Crippen molar-refractivity contribution in [3.8, 4) is 5.75 Å². The smallest absolute Gasteiger partial charge is 0.232 e. The minimum absolute atomic E-state index is 0.0760. The van der Waals surface area contributed by atoms with Gasteiger partial charge in [-0.25, -0.2) is 8.42 Å². The minimum atomic E-state index is -3.46. The van der Waals surface area contributed by atoms with Crippen LogP contribution in [0.15, 0.2) is 48.5 Å². The molecule has 0 saturated carbocycles. The first kappa shape index (κ1) is 26.0. The maximum Gasteiger partial charge on any atom is 0.232 e. The molecule has 8 heteroatoms. The monoisotopic (exact) mass is 487 g/mol. The molecule has 7 nitrogen and oxygen atoms in total. The van der Waals surface area contributed by atoms with Crippen molar-refractivity contribution in [1.82, 2.24) is 10.2 Å². The first-order valence-corrected chi connectivity index (χ1v) is 14.0. The van der Waals surface area contributed by atoms with Crippen LogP contribution in [0.5, 0.6) is 5.75 Å². The van der Waals surface area contributed by atoms with Crippen LogP contribution < -0.4 is 14.4 Å². The van der Waals surface area contributed by atoms with Crippen LogP contribution in [-0.2, 0) is 27.9 Å². The predicted molar refractivity (Wildman–Crippen MR) is 136 cm³/mol. The van der Waals surface area contributed by atoms with Gasteiger partial charge in [-0.2, -0.15) is 0 Å². The molecule has 1 saturated heterocycles. The van der Waals surface area contributed by atoms with Crippen molar-refractivity contribution in [2.24, 2.45) is 0 Å². The quantitative estimate of drug-likeness (QED) is 0.491. The number of benzene rings is 2. The van der Waals surface area contributed by atoms with Crippen LogP contribution in [0.2, 0.25) is 0 Å². The number of ether oxygens (including phenoxy) is 1. The van der Waals surface area contributed by atoms with E-state index in [9.17, 15) is 13.2 Å². The molecule has 0 aromatic heterocycles. The van der Waals surface area contributed by atoms with Crippen LogP contribution >= 0.6 is 0 Å². The Kier molecular flexibility index (Phi) is 9.77. The summed E-state index contributed by atoms with van der Waals surface area (Å²) in [5, 5.41) is 3.01. The molecule has 2 aromatic rings. The van der Waals surface area contributed by atoms with Crippen molar-refractivity contribution >= 4 is 21.6 Å². The average molecular weight is 488 g/mol. The molecule has 0 aliphatic carbocycles. The van der Waals surface area contributed by atoms with Gasteiger partial charge in [-0.15, -0.1) is 0 Å². The van der Waals surface area contributed by atoms with Gasteiger partial charge in [0.15, 0.2) is 0 Å². The second kappa shape index (κ2) is 12.8. The summed E-state index contributed by atoms with van der Waals surface area (Å²) in [6.45, 7) is 6.35. The highest BCUT2D eigenvalue weighted by atomic mass is 32.2. The van der Waals surface area contributed by atoms with E-state index in [2.05, 4.69) is 22.3 Å². The Morgan fingerprint density at radius 1 is 1.03 bits per heavy atom. The molecule has 186 valence electrons. The van der Waals surface area contributed by atoms with Gasteiger partial charge in [0.2, 0.25) is 15.9 Å². The Bertz CT molecular complexity index is 1020. The van der Waals surface area contributed by atoms with Crippen molar-refractivity contribution in [1.29, 1.82) is 0 Å². The lowest BCUT2D eigenvalue weighted by Gasteiger charge is -2.27. The zero-order valence-corrected chi connectivity index (χ0v) is 21.1. The highest BCUT2D eigenvalue weighted by Crippen LogP contribution is 2.22. The number of carbonyl (C=O) groups excluding carboxylic acids is 1. The van der Waals surface area contributed by atoms with E-state index >= 15 is 0 Å². The second-order valence-electron chi connectivity index (χ2n) is 8.75. The van der Waals surface area contributed by atoms with Gasteiger partial charge in [0.05, 0.1) is 18.6 Å². The number of nitrogens with one attached hydrogen (secondary N) is 1. The number of piperidine rings is 1. The van der Waals surface area contributed by atoms with E-state index in [1.54, 1.807) is 24.3 Å². The van der Waals surface area contributed by atoms with Gasteiger partial charge in [-0.3, -0.25) is 14.0 Å². The number of anilines is 1. The summed E-state index contributed by atoms with van der Waals surface area (Å²) in [5.74, 6) is 0.618. The number of hydrogen-bond acceptors (Lipinski definition) is 5. The first-order valence-electron chi connectivity index (χ1n) is 12.1. The summed E-state index contributed by atoms with van der Waals surface area (Å²) in [4.78, 5) is 15.0. The Morgan fingerprint density at radius 2 is 1.71 bits per heavy atom. The molecular weight excluding hydrogens is 450 g/mol. The number of likely N-dealkylation sites (tertiary alicyclic amines) is 1. The fraction of sp³-hybridized carbons (Fsp3) is 0.500. The van der Waals surface area contributed by atoms with Crippen LogP contribution in [0, 0.1) is 0 Å². The number of sulfonamides is 1. The van der Waals surface area contributed by atoms with Gasteiger partial charge >= 0.3 is 0 Å². The summed E-state index contributed by atoms with van der Waals surface area (Å²) in [6, 6.07) is 15.2. The van der Waals surface area contributed by atoms with E-state index in [-0.39, 0.29) is 18.9 Å². The van der Waals surface area contributed by atoms with E-state index in [0.717, 1.165) is 25.2 Å². The zero-order chi connectivity index (χ0) is 24.4. The molecule has 1 heterocycles. The van der Waals surface area contributed by atoms with Crippen molar-refractivity contribution in [2.75, 3.05) is 36.8 Å². The SMILES string of the molecule is CCOc1ccc(N(CCCC(=O)NCc2ccccc2CN2CCCCC2)S(C)(=O)=O)cc1. The fourth-order valence-electron chi connectivity index (χ4n) is 4.27. The molecule has 1 N–H and O–H groups in total. The normalized spacial score (nSPS) is 14.5. The molecule has 2 aromatic carbocycles. The Hall–Kier alpha value is -2.58. The molecule has 3 rings (SSSR count). The van der Waals surface area contributed by atoms with Crippen LogP contribution in [0.1, 0.15) is 50.2 Å². The molecule has 0 atom stereocenters. The van der Waals surface area contributed by atoms with Gasteiger partial charge in [0.1, 0.15) is 5.75 Å². The minimum Gasteiger partial charge on any atom is -0.494 e. The fourth-order valence-corrected chi connectivity index (χ4v) is 5.24. The van der Waals surface area contributed by atoms with Gasteiger partial charge in [0, 0.05) is 26.1 Å². The van der Waals surface area contributed by atoms with Crippen molar-refractivity contribution in [3.05, 3.63) is 59.7 Å². The maximum absolute atomic E-state index is 12.5. The van der Waals surface area contributed by atoms with Crippen LogP contribution in [-0.4, -0.2) is 51.7 Å². The van der Waals surface area contributed by atoms with E-state index in [1.165, 1.54) is 35.4 Å².